The summed E-state index contributed by atoms with van der Waals surface area (Å²) in [6.45, 7) is 11.4. The van der Waals surface area contributed by atoms with Crippen molar-refractivity contribution >= 4 is 15.9 Å². The molecule has 0 aromatic heterocycles. The van der Waals surface area contributed by atoms with Crippen molar-refractivity contribution < 1.29 is 13.2 Å². The predicted octanol–water partition coefficient (Wildman–Crippen LogP) is 2.58. The standard InChI is InChI=1S/C20H33N3O3S/c1-6-22-13-11-18(12-14-22)21(5)20(24)17-10-9-16(4)19(15-17)27(25,26)23(7-2)8-3/h9-10,15,18H,6-8,11-14H2,1-5H3. The number of hydrogen-bond donors (Lipinski definition) is 0. The average molecular weight is 396 g/mol. The molecule has 27 heavy (non-hydrogen) atoms. The largest absolute Gasteiger partial charge is 0.339 e. The third-order valence-electron chi connectivity index (χ3n) is 5.63. The Labute approximate surface area is 164 Å². The van der Waals surface area contributed by atoms with Gasteiger partial charge in [-0.05, 0) is 44.0 Å². The van der Waals surface area contributed by atoms with Crippen molar-refractivity contribution in [1.82, 2.24) is 14.1 Å². The van der Waals surface area contributed by atoms with Crippen LogP contribution >= 0.6 is 0 Å². The van der Waals surface area contributed by atoms with Gasteiger partial charge in [0.15, 0.2) is 0 Å². The Morgan fingerprint density at radius 1 is 1.15 bits per heavy atom. The van der Waals surface area contributed by atoms with Crippen LogP contribution in [0.2, 0.25) is 0 Å². The Balaban J connectivity index is 2.25. The van der Waals surface area contributed by atoms with Gasteiger partial charge in [-0.15, -0.1) is 0 Å². The SMILES string of the molecule is CCN1CCC(N(C)C(=O)c2ccc(C)c(S(=O)(=O)N(CC)CC)c2)CC1. The van der Waals surface area contributed by atoms with E-state index in [-0.39, 0.29) is 16.8 Å². The Morgan fingerprint density at radius 3 is 2.26 bits per heavy atom. The molecule has 152 valence electrons. The van der Waals surface area contributed by atoms with Gasteiger partial charge in [-0.25, -0.2) is 8.42 Å². The van der Waals surface area contributed by atoms with Crippen LogP contribution in [0.5, 0.6) is 0 Å². The highest BCUT2D eigenvalue weighted by Gasteiger charge is 2.28. The third kappa shape index (κ3) is 4.70. The number of sulfonamides is 1. The number of amides is 1. The maximum absolute atomic E-state index is 13.0. The minimum Gasteiger partial charge on any atom is -0.339 e. The molecule has 0 spiro atoms. The van der Waals surface area contributed by atoms with Gasteiger partial charge in [0.05, 0.1) is 4.90 Å². The van der Waals surface area contributed by atoms with Crippen LogP contribution in [0, 0.1) is 6.92 Å². The molecule has 1 heterocycles. The van der Waals surface area contributed by atoms with Crippen LogP contribution in [-0.2, 0) is 10.0 Å². The van der Waals surface area contributed by atoms with E-state index in [4.69, 9.17) is 0 Å². The number of rotatable bonds is 7. The molecule has 1 saturated heterocycles. The molecule has 2 rings (SSSR count). The Morgan fingerprint density at radius 2 is 1.74 bits per heavy atom. The summed E-state index contributed by atoms with van der Waals surface area (Å²) in [5, 5.41) is 0. The van der Waals surface area contributed by atoms with Crippen molar-refractivity contribution in [3.05, 3.63) is 29.3 Å². The van der Waals surface area contributed by atoms with Gasteiger partial charge in [-0.3, -0.25) is 4.79 Å². The second kappa shape index (κ2) is 9.17. The zero-order valence-corrected chi connectivity index (χ0v) is 18.1. The lowest BCUT2D eigenvalue weighted by molar-refractivity contribution is 0.0646. The van der Waals surface area contributed by atoms with Crippen LogP contribution < -0.4 is 0 Å². The molecule has 1 fully saturated rings. The summed E-state index contributed by atoms with van der Waals surface area (Å²) < 4.78 is 27.3. The average Bonchev–Trinajstić information content (AvgIpc) is 2.68. The fourth-order valence-electron chi connectivity index (χ4n) is 3.71. The van der Waals surface area contributed by atoms with Crippen molar-refractivity contribution in [2.24, 2.45) is 0 Å². The van der Waals surface area contributed by atoms with E-state index in [1.165, 1.54) is 4.31 Å². The minimum absolute atomic E-state index is 0.110. The number of benzene rings is 1. The molecule has 0 atom stereocenters. The Hall–Kier alpha value is -1.44. The molecular formula is C20H33N3O3S. The molecule has 1 amide bonds. The second-order valence-electron chi connectivity index (χ2n) is 7.15. The summed E-state index contributed by atoms with van der Waals surface area (Å²) in [5.74, 6) is -0.110. The third-order valence-corrected chi connectivity index (χ3v) is 7.82. The second-order valence-corrected chi connectivity index (χ2v) is 9.06. The highest BCUT2D eigenvalue weighted by Crippen LogP contribution is 2.23. The van der Waals surface area contributed by atoms with E-state index >= 15 is 0 Å². The maximum atomic E-state index is 13.0. The van der Waals surface area contributed by atoms with E-state index < -0.39 is 10.0 Å². The molecule has 1 aromatic rings. The Kier molecular flexibility index (Phi) is 7.42. The highest BCUT2D eigenvalue weighted by molar-refractivity contribution is 7.89. The number of hydrogen-bond acceptors (Lipinski definition) is 4. The molecule has 0 saturated carbocycles. The topological polar surface area (TPSA) is 60.9 Å². The van der Waals surface area contributed by atoms with Gasteiger partial charge in [0.1, 0.15) is 0 Å². The van der Waals surface area contributed by atoms with E-state index in [2.05, 4.69) is 11.8 Å². The van der Waals surface area contributed by atoms with Crippen LogP contribution in [0.3, 0.4) is 0 Å². The molecular weight excluding hydrogens is 362 g/mol. The summed E-state index contributed by atoms with van der Waals surface area (Å²) in [6.07, 6.45) is 1.90. The summed E-state index contributed by atoms with van der Waals surface area (Å²) >= 11 is 0. The number of carbonyl (C=O) groups is 1. The smallest absolute Gasteiger partial charge is 0.253 e. The summed E-state index contributed by atoms with van der Waals surface area (Å²) in [5.41, 5.74) is 1.10. The molecule has 1 aliphatic rings. The van der Waals surface area contributed by atoms with Crippen molar-refractivity contribution in [2.75, 3.05) is 39.8 Å². The molecule has 0 bridgehead atoms. The summed E-state index contributed by atoms with van der Waals surface area (Å²) in [7, 11) is -1.77. The summed E-state index contributed by atoms with van der Waals surface area (Å²) in [4.78, 5) is 17.4. The van der Waals surface area contributed by atoms with Crippen LogP contribution in [0.1, 0.15) is 49.5 Å². The van der Waals surface area contributed by atoms with Crippen LogP contribution in [0.4, 0.5) is 0 Å². The number of piperidine rings is 1. The number of aryl methyl sites for hydroxylation is 1. The quantitative estimate of drug-likeness (QED) is 0.712. The van der Waals surface area contributed by atoms with Crippen LogP contribution in [0.15, 0.2) is 23.1 Å². The van der Waals surface area contributed by atoms with Gasteiger partial charge in [0, 0.05) is 44.8 Å². The van der Waals surface area contributed by atoms with E-state index in [0.29, 0.717) is 24.2 Å². The van der Waals surface area contributed by atoms with Gasteiger partial charge in [0.2, 0.25) is 10.0 Å². The lowest BCUT2D eigenvalue weighted by Gasteiger charge is -2.36. The molecule has 1 aromatic carbocycles. The first-order valence-corrected chi connectivity index (χ1v) is 11.3. The zero-order chi connectivity index (χ0) is 20.2. The molecule has 0 aliphatic carbocycles. The highest BCUT2D eigenvalue weighted by atomic mass is 32.2. The minimum atomic E-state index is -3.59. The first-order chi connectivity index (χ1) is 12.8. The number of nitrogens with zero attached hydrogens (tertiary/aromatic N) is 3. The predicted molar refractivity (Wildman–Crippen MR) is 109 cm³/mol. The van der Waals surface area contributed by atoms with E-state index in [1.807, 2.05) is 20.9 Å². The van der Waals surface area contributed by atoms with E-state index in [9.17, 15) is 13.2 Å². The van der Waals surface area contributed by atoms with Gasteiger partial charge in [-0.2, -0.15) is 4.31 Å². The van der Waals surface area contributed by atoms with Crippen LogP contribution in [0.25, 0.3) is 0 Å². The fraction of sp³-hybridized carbons (Fsp3) is 0.650. The van der Waals surface area contributed by atoms with E-state index in [1.54, 1.807) is 30.0 Å². The molecule has 1 aliphatic heterocycles. The first-order valence-electron chi connectivity index (χ1n) is 9.86. The van der Waals surface area contributed by atoms with Crippen molar-refractivity contribution in [3.8, 4) is 0 Å². The number of carbonyl (C=O) groups excluding carboxylic acids is 1. The molecule has 0 N–H and O–H groups in total. The molecule has 7 heteroatoms. The van der Waals surface area contributed by atoms with Gasteiger partial charge in [0.25, 0.3) is 5.91 Å². The zero-order valence-electron chi connectivity index (χ0n) is 17.2. The lowest BCUT2D eigenvalue weighted by Crippen LogP contribution is -2.45. The lowest BCUT2D eigenvalue weighted by atomic mass is 10.0. The van der Waals surface area contributed by atoms with Gasteiger partial charge < -0.3 is 9.80 Å². The first kappa shape index (κ1) is 21.9. The molecule has 0 radical (unpaired) electrons. The van der Waals surface area contributed by atoms with Crippen molar-refractivity contribution in [2.45, 2.75) is 51.5 Å². The fourth-order valence-corrected chi connectivity index (χ4v) is 5.41. The summed E-state index contributed by atoms with van der Waals surface area (Å²) in [6, 6.07) is 5.21. The van der Waals surface area contributed by atoms with E-state index in [0.717, 1.165) is 32.5 Å². The monoisotopic (exact) mass is 395 g/mol. The van der Waals surface area contributed by atoms with Gasteiger partial charge in [-0.1, -0.05) is 26.8 Å². The maximum Gasteiger partial charge on any atom is 0.253 e. The normalized spacial score (nSPS) is 16.7. The Bertz CT molecular complexity index is 752. The number of likely N-dealkylation sites (tertiary alicyclic amines) is 1. The van der Waals surface area contributed by atoms with Crippen LogP contribution in [-0.4, -0.2) is 74.2 Å². The molecule has 6 nitrogen and oxygen atoms in total. The van der Waals surface area contributed by atoms with Gasteiger partial charge >= 0.3 is 0 Å². The van der Waals surface area contributed by atoms with Crippen molar-refractivity contribution in [3.63, 3.8) is 0 Å². The molecule has 0 unspecified atom stereocenters. The van der Waals surface area contributed by atoms with Crippen molar-refractivity contribution in [1.29, 1.82) is 0 Å².